The number of anilines is 2. The molecule has 4 rings (SSSR count). The van der Waals surface area contributed by atoms with E-state index in [0.717, 1.165) is 5.56 Å². The number of nitriles is 1. The molecule has 37 heavy (non-hydrogen) atoms. The third-order valence-electron chi connectivity index (χ3n) is 6.45. The van der Waals surface area contributed by atoms with Gasteiger partial charge in [-0.2, -0.15) is 5.26 Å². The van der Waals surface area contributed by atoms with Crippen molar-refractivity contribution in [3.63, 3.8) is 0 Å². The van der Waals surface area contributed by atoms with E-state index in [-0.39, 0.29) is 22.7 Å². The Labute approximate surface area is 214 Å². The van der Waals surface area contributed by atoms with E-state index in [1.807, 2.05) is 0 Å². The highest BCUT2D eigenvalue weighted by molar-refractivity contribution is 6.06. The first-order chi connectivity index (χ1) is 17.9. The van der Waals surface area contributed by atoms with Crippen molar-refractivity contribution in [3.8, 4) is 6.07 Å². The van der Waals surface area contributed by atoms with E-state index in [1.54, 1.807) is 48.5 Å². The molecule has 10 nitrogen and oxygen atoms in total. The molecule has 1 amide bonds. The number of hydrogen-bond acceptors (Lipinski definition) is 9. The molecule has 2 aliphatic heterocycles. The molecule has 0 saturated carbocycles. The van der Waals surface area contributed by atoms with E-state index in [9.17, 15) is 19.6 Å². The summed E-state index contributed by atoms with van der Waals surface area (Å²) in [5.41, 5.74) is 8.90. The van der Waals surface area contributed by atoms with Crippen LogP contribution < -0.4 is 15.5 Å². The van der Waals surface area contributed by atoms with Crippen LogP contribution in [0.25, 0.3) is 0 Å². The highest BCUT2D eigenvalue weighted by atomic mass is 16.5. The van der Waals surface area contributed by atoms with Crippen LogP contribution in [0.1, 0.15) is 23.5 Å². The van der Waals surface area contributed by atoms with Crippen molar-refractivity contribution in [2.75, 3.05) is 37.7 Å². The number of ether oxygens (including phenoxy) is 3. The largest absolute Gasteiger partial charge is 0.466 e. The highest BCUT2D eigenvalue weighted by Gasteiger charge is 2.43. The monoisotopic (exact) mass is 502 g/mol. The lowest BCUT2D eigenvalue weighted by Crippen LogP contribution is -2.41. The van der Waals surface area contributed by atoms with Crippen molar-refractivity contribution in [2.45, 2.75) is 18.8 Å². The van der Waals surface area contributed by atoms with Crippen LogP contribution in [-0.2, 0) is 30.2 Å². The molecule has 2 aliphatic rings. The average molecular weight is 503 g/mol. The van der Waals surface area contributed by atoms with Crippen molar-refractivity contribution in [2.24, 2.45) is 5.73 Å². The minimum absolute atomic E-state index is 0.0232. The molecule has 2 N–H and O–H groups in total. The third kappa shape index (κ3) is 4.36. The average Bonchev–Trinajstić information content (AvgIpc) is 2.94. The second kappa shape index (κ2) is 10.5. The number of nitrogens with two attached hydrogens (primary N) is 1. The third-order valence-corrected chi connectivity index (χ3v) is 6.45. The number of rotatable bonds is 4. The van der Waals surface area contributed by atoms with Gasteiger partial charge in [-0.1, -0.05) is 30.3 Å². The van der Waals surface area contributed by atoms with Crippen molar-refractivity contribution in [1.29, 1.82) is 5.26 Å². The topological polar surface area (TPSA) is 135 Å². The predicted octanol–water partition coefficient (Wildman–Crippen LogP) is 3.10. The number of carbonyl (C=O) groups is 3. The molecule has 0 radical (unpaired) electrons. The van der Waals surface area contributed by atoms with Gasteiger partial charge in [0.2, 0.25) is 0 Å². The molecule has 2 aromatic carbocycles. The first-order valence-electron chi connectivity index (χ1n) is 11.5. The molecule has 190 valence electrons. The van der Waals surface area contributed by atoms with Gasteiger partial charge in [0.1, 0.15) is 11.5 Å². The predicted molar refractivity (Wildman–Crippen MR) is 134 cm³/mol. The highest BCUT2D eigenvalue weighted by Crippen LogP contribution is 2.44. The molecule has 0 spiro atoms. The Morgan fingerprint density at radius 2 is 1.70 bits per heavy atom. The van der Waals surface area contributed by atoms with Crippen LogP contribution >= 0.6 is 0 Å². The zero-order valence-electron chi connectivity index (χ0n) is 20.7. The fourth-order valence-electron chi connectivity index (χ4n) is 4.80. The summed E-state index contributed by atoms with van der Waals surface area (Å²) in [6.45, 7) is 0.502. The fraction of sp³-hybridized carbons (Fsp3) is 0.259. The lowest BCUT2D eigenvalue weighted by molar-refractivity contribution is -0.139. The Morgan fingerprint density at radius 3 is 2.32 bits per heavy atom. The van der Waals surface area contributed by atoms with E-state index in [1.165, 1.54) is 31.1 Å². The first-order valence-corrected chi connectivity index (χ1v) is 11.5. The number of benzene rings is 2. The van der Waals surface area contributed by atoms with Gasteiger partial charge in [0.15, 0.2) is 0 Å². The molecule has 2 aromatic rings. The number of methoxy groups -OCH3 is 3. The van der Waals surface area contributed by atoms with E-state index in [0.29, 0.717) is 36.3 Å². The smallest absolute Gasteiger partial charge is 0.414 e. The van der Waals surface area contributed by atoms with Gasteiger partial charge < -0.3 is 19.9 Å². The van der Waals surface area contributed by atoms with Crippen LogP contribution in [0.2, 0.25) is 0 Å². The van der Waals surface area contributed by atoms with Crippen molar-refractivity contribution < 1.29 is 28.6 Å². The lowest BCUT2D eigenvalue weighted by atomic mass is 9.81. The summed E-state index contributed by atoms with van der Waals surface area (Å²) in [6, 6.07) is 16.1. The summed E-state index contributed by atoms with van der Waals surface area (Å²) in [5, 5.41) is 10.2. The maximum atomic E-state index is 13.2. The molecule has 0 fully saturated rings. The number of amides is 1. The van der Waals surface area contributed by atoms with Crippen LogP contribution in [0, 0.1) is 11.3 Å². The second-order valence-corrected chi connectivity index (χ2v) is 8.37. The molecule has 1 unspecified atom stereocenters. The van der Waals surface area contributed by atoms with Crippen LogP contribution in [0.5, 0.6) is 0 Å². The Kier molecular flexibility index (Phi) is 7.15. The summed E-state index contributed by atoms with van der Waals surface area (Å²) >= 11 is 0. The normalized spacial score (nSPS) is 17.1. The van der Waals surface area contributed by atoms with E-state index >= 15 is 0 Å². The number of aryl methyl sites for hydroxylation is 1. The molecular formula is C27H26N4O6. The zero-order valence-corrected chi connectivity index (χ0v) is 20.7. The number of fused-ring (bicyclic) bond motifs is 1. The van der Waals surface area contributed by atoms with Gasteiger partial charge in [-0.25, -0.2) is 14.4 Å². The SMILES string of the molecule is COC(=O)C1=C(C(=O)OC)N(c2ccc3c(c2)CCCN3C(=O)OC)C(N)=C(C#N)C1c1ccccc1. The van der Waals surface area contributed by atoms with Gasteiger partial charge in [0.25, 0.3) is 0 Å². The van der Waals surface area contributed by atoms with Crippen LogP contribution in [0.3, 0.4) is 0 Å². The van der Waals surface area contributed by atoms with Crippen molar-refractivity contribution >= 4 is 29.4 Å². The lowest BCUT2D eigenvalue weighted by Gasteiger charge is -2.36. The molecule has 0 bridgehead atoms. The standard InChI is InChI=1S/C27H26N4O6/c1-35-25(32)22-21(16-8-5-4-6-9-16)19(15-28)24(29)31(23(22)26(33)36-2)18-11-12-20-17(14-18)10-7-13-30(20)27(34)37-3/h4-6,8-9,11-12,14,21H,7,10,13,29H2,1-3H3. The summed E-state index contributed by atoms with van der Waals surface area (Å²) in [4.78, 5) is 41.5. The summed E-state index contributed by atoms with van der Waals surface area (Å²) in [7, 11) is 3.71. The first kappa shape index (κ1) is 25.3. The van der Waals surface area contributed by atoms with Crippen LogP contribution in [0.15, 0.2) is 71.2 Å². The summed E-state index contributed by atoms with van der Waals surface area (Å²) in [6.07, 6.45) is 0.878. The molecule has 0 saturated heterocycles. The number of esters is 2. The van der Waals surface area contributed by atoms with Crippen molar-refractivity contribution in [1.82, 2.24) is 0 Å². The molecule has 1 atom stereocenters. The quantitative estimate of drug-likeness (QED) is 0.494. The van der Waals surface area contributed by atoms with Crippen LogP contribution in [0.4, 0.5) is 16.2 Å². The van der Waals surface area contributed by atoms with Gasteiger partial charge in [-0.15, -0.1) is 0 Å². The summed E-state index contributed by atoms with van der Waals surface area (Å²) < 4.78 is 15.0. The number of carbonyl (C=O) groups excluding carboxylic acids is 3. The molecule has 0 aromatic heterocycles. The summed E-state index contributed by atoms with van der Waals surface area (Å²) in [5.74, 6) is -2.59. The minimum atomic E-state index is -0.948. The van der Waals surface area contributed by atoms with Gasteiger partial charge in [-0.05, 0) is 42.2 Å². The van der Waals surface area contributed by atoms with Gasteiger partial charge in [-0.3, -0.25) is 9.80 Å². The van der Waals surface area contributed by atoms with Gasteiger partial charge >= 0.3 is 18.0 Å². The number of hydrogen-bond donors (Lipinski definition) is 1. The number of nitrogens with zero attached hydrogens (tertiary/aromatic N) is 3. The van der Waals surface area contributed by atoms with Crippen molar-refractivity contribution in [3.05, 3.63) is 82.3 Å². The second-order valence-electron chi connectivity index (χ2n) is 8.37. The Hall–Kier alpha value is -4.78. The maximum absolute atomic E-state index is 13.2. The minimum Gasteiger partial charge on any atom is -0.466 e. The molecule has 0 aliphatic carbocycles. The zero-order chi connectivity index (χ0) is 26.7. The van der Waals surface area contributed by atoms with Gasteiger partial charge in [0.05, 0.1) is 50.2 Å². The molecular weight excluding hydrogens is 476 g/mol. The van der Waals surface area contributed by atoms with E-state index < -0.39 is 23.9 Å². The Bertz CT molecular complexity index is 1360. The maximum Gasteiger partial charge on any atom is 0.414 e. The Balaban J connectivity index is 1.97. The molecule has 2 heterocycles. The van der Waals surface area contributed by atoms with E-state index in [4.69, 9.17) is 19.9 Å². The number of allylic oxidation sites excluding steroid dienone is 1. The Morgan fingerprint density at radius 1 is 1.00 bits per heavy atom. The molecule has 10 heteroatoms. The van der Waals surface area contributed by atoms with Crippen LogP contribution in [-0.4, -0.2) is 45.9 Å². The fourth-order valence-corrected chi connectivity index (χ4v) is 4.80. The van der Waals surface area contributed by atoms with Gasteiger partial charge in [0, 0.05) is 12.2 Å². The van der Waals surface area contributed by atoms with E-state index in [2.05, 4.69) is 6.07 Å².